The number of ether oxygens (including phenoxy) is 1. The highest BCUT2D eigenvalue weighted by atomic mass is 16.5. The number of hydrogen-bond donors (Lipinski definition) is 0. The van der Waals surface area contributed by atoms with Crippen molar-refractivity contribution in [3.05, 3.63) is 83.9 Å². The molecular formula is C23H24N4O2. The number of hydrogen-bond acceptors (Lipinski definition) is 4. The maximum Gasteiger partial charge on any atom is 0.271 e. The number of nitrogens with zero attached hydrogens (tertiary/aromatic N) is 4. The minimum atomic E-state index is 0.103. The molecule has 0 radical (unpaired) electrons. The Hall–Kier alpha value is -3.12. The van der Waals surface area contributed by atoms with E-state index in [0.29, 0.717) is 6.54 Å². The fraction of sp³-hybridized carbons (Fsp3) is 0.304. The van der Waals surface area contributed by atoms with Gasteiger partial charge in [0, 0.05) is 38.6 Å². The lowest BCUT2D eigenvalue weighted by atomic mass is 10.0. The molecule has 2 aromatic heterocycles. The molecule has 0 spiro atoms. The molecule has 0 saturated carbocycles. The van der Waals surface area contributed by atoms with Gasteiger partial charge in [0.15, 0.2) is 0 Å². The van der Waals surface area contributed by atoms with Crippen LogP contribution in [0.4, 0.5) is 0 Å². The molecule has 0 unspecified atom stereocenters. The number of rotatable bonds is 5. The lowest BCUT2D eigenvalue weighted by molar-refractivity contribution is 0.0556. The van der Waals surface area contributed by atoms with Gasteiger partial charge in [-0.2, -0.15) is 0 Å². The highest BCUT2D eigenvalue weighted by Crippen LogP contribution is 2.35. The SMILES string of the molecule is COc1ccc(CN2C(=O)c3cccn3[C@@H]3CN(Cc4ccccn4)C[C@H]32)cc1. The van der Waals surface area contributed by atoms with Gasteiger partial charge in [-0.15, -0.1) is 0 Å². The number of carbonyl (C=O) groups excluding carboxylic acids is 1. The Morgan fingerprint density at radius 1 is 1.00 bits per heavy atom. The van der Waals surface area contributed by atoms with E-state index in [1.807, 2.05) is 65.8 Å². The van der Waals surface area contributed by atoms with Gasteiger partial charge < -0.3 is 14.2 Å². The van der Waals surface area contributed by atoms with E-state index < -0.39 is 0 Å². The molecule has 148 valence electrons. The van der Waals surface area contributed by atoms with E-state index >= 15 is 0 Å². The maximum atomic E-state index is 13.3. The monoisotopic (exact) mass is 388 g/mol. The van der Waals surface area contributed by atoms with Gasteiger partial charge in [-0.05, 0) is 42.0 Å². The first-order valence-corrected chi connectivity index (χ1v) is 9.96. The summed E-state index contributed by atoms with van der Waals surface area (Å²) < 4.78 is 7.42. The molecule has 5 rings (SSSR count). The molecule has 1 aromatic carbocycles. The first-order valence-electron chi connectivity index (χ1n) is 9.96. The third-order valence-corrected chi connectivity index (χ3v) is 5.97. The zero-order chi connectivity index (χ0) is 19.8. The molecular weight excluding hydrogens is 364 g/mol. The lowest BCUT2D eigenvalue weighted by Gasteiger charge is -2.38. The lowest BCUT2D eigenvalue weighted by Crippen LogP contribution is -2.49. The Morgan fingerprint density at radius 3 is 2.59 bits per heavy atom. The van der Waals surface area contributed by atoms with Crippen LogP contribution in [0.25, 0.3) is 0 Å². The number of benzene rings is 1. The van der Waals surface area contributed by atoms with E-state index in [-0.39, 0.29) is 18.0 Å². The largest absolute Gasteiger partial charge is 0.497 e. The van der Waals surface area contributed by atoms with Gasteiger partial charge in [0.05, 0.1) is 24.9 Å². The summed E-state index contributed by atoms with van der Waals surface area (Å²) in [6, 6.07) is 18.3. The zero-order valence-electron chi connectivity index (χ0n) is 16.4. The summed E-state index contributed by atoms with van der Waals surface area (Å²) >= 11 is 0. The summed E-state index contributed by atoms with van der Waals surface area (Å²) in [5.41, 5.74) is 2.95. The van der Waals surface area contributed by atoms with E-state index in [4.69, 9.17) is 4.74 Å². The molecule has 29 heavy (non-hydrogen) atoms. The summed E-state index contributed by atoms with van der Waals surface area (Å²) in [4.78, 5) is 22.2. The van der Waals surface area contributed by atoms with Crippen molar-refractivity contribution in [1.82, 2.24) is 19.4 Å². The molecule has 4 heterocycles. The number of carbonyl (C=O) groups is 1. The molecule has 1 amide bonds. The van der Waals surface area contributed by atoms with Gasteiger partial charge in [0.2, 0.25) is 0 Å². The third kappa shape index (κ3) is 3.29. The molecule has 2 aliphatic heterocycles. The molecule has 0 bridgehead atoms. The van der Waals surface area contributed by atoms with Crippen LogP contribution in [0.3, 0.4) is 0 Å². The van der Waals surface area contributed by atoms with Crippen molar-refractivity contribution < 1.29 is 9.53 Å². The van der Waals surface area contributed by atoms with Crippen LogP contribution in [0.5, 0.6) is 5.75 Å². The van der Waals surface area contributed by atoms with Gasteiger partial charge in [0.1, 0.15) is 11.4 Å². The summed E-state index contributed by atoms with van der Waals surface area (Å²) in [6.45, 7) is 3.16. The normalized spacial score (nSPS) is 21.1. The van der Waals surface area contributed by atoms with Crippen molar-refractivity contribution >= 4 is 5.91 Å². The van der Waals surface area contributed by atoms with Crippen molar-refractivity contribution in [1.29, 1.82) is 0 Å². The second-order valence-corrected chi connectivity index (χ2v) is 7.73. The van der Waals surface area contributed by atoms with Crippen LogP contribution >= 0.6 is 0 Å². The topological polar surface area (TPSA) is 50.6 Å². The van der Waals surface area contributed by atoms with Gasteiger partial charge in [-0.25, -0.2) is 0 Å². The highest BCUT2D eigenvalue weighted by Gasteiger charge is 2.44. The predicted molar refractivity (Wildman–Crippen MR) is 110 cm³/mol. The zero-order valence-corrected chi connectivity index (χ0v) is 16.4. The van der Waals surface area contributed by atoms with Gasteiger partial charge in [-0.3, -0.25) is 14.7 Å². The quantitative estimate of drug-likeness (QED) is 0.674. The molecule has 1 fully saturated rings. The van der Waals surface area contributed by atoms with Crippen molar-refractivity contribution in [2.45, 2.75) is 25.2 Å². The number of methoxy groups -OCH3 is 1. The average Bonchev–Trinajstić information content (AvgIpc) is 3.39. The number of aromatic nitrogens is 2. The molecule has 0 aliphatic carbocycles. The number of pyridine rings is 1. The Morgan fingerprint density at radius 2 is 1.83 bits per heavy atom. The van der Waals surface area contributed by atoms with Gasteiger partial charge >= 0.3 is 0 Å². The molecule has 0 N–H and O–H groups in total. The van der Waals surface area contributed by atoms with Crippen LogP contribution in [-0.4, -0.2) is 51.5 Å². The standard InChI is InChI=1S/C23H24N4O2/c1-29-19-9-7-17(8-10-19)13-27-22-16-25(14-18-5-2-3-11-24-18)15-21(22)26-12-4-6-20(26)23(27)28/h2-12,21-22H,13-16H2,1H3/t21-,22-/m1/s1. The smallest absolute Gasteiger partial charge is 0.271 e. The molecule has 3 aromatic rings. The number of likely N-dealkylation sites (tertiary alicyclic amines) is 1. The average molecular weight is 388 g/mol. The maximum absolute atomic E-state index is 13.3. The first kappa shape index (κ1) is 17.9. The summed E-state index contributed by atoms with van der Waals surface area (Å²) in [7, 11) is 1.66. The van der Waals surface area contributed by atoms with Crippen LogP contribution in [0.15, 0.2) is 67.0 Å². The fourth-order valence-corrected chi connectivity index (χ4v) is 4.56. The second kappa shape index (κ2) is 7.37. The molecule has 6 heteroatoms. The summed E-state index contributed by atoms with van der Waals surface area (Å²) in [5, 5.41) is 0. The van der Waals surface area contributed by atoms with Crippen LogP contribution < -0.4 is 4.74 Å². The number of amides is 1. The van der Waals surface area contributed by atoms with Crippen LogP contribution in [-0.2, 0) is 13.1 Å². The molecule has 6 nitrogen and oxygen atoms in total. The fourth-order valence-electron chi connectivity index (χ4n) is 4.56. The molecule has 2 aliphatic rings. The van der Waals surface area contributed by atoms with Crippen molar-refractivity contribution in [3.63, 3.8) is 0 Å². The van der Waals surface area contributed by atoms with Crippen LogP contribution in [0.2, 0.25) is 0 Å². The minimum absolute atomic E-state index is 0.103. The predicted octanol–water partition coefficient (Wildman–Crippen LogP) is 2.97. The first-order chi connectivity index (χ1) is 14.2. The van der Waals surface area contributed by atoms with Gasteiger partial charge in [0.25, 0.3) is 5.91 Å². The number of fused-ring (bicyclic) bond motifs is 3. The summed E-state index contributed by atoms with van der Waals surface area (Å²) in [6.07, 6.45) is 3.88. The Labute approximate surface area is 170 Å². The molecule has 1 saturated heterocycles. The van der Waals surface area contributed by atoms with E-state index in [2.05, 4.69) is 20.5 Å². The Bertz CT molecular complexity index is 999. The van der Waals surface area contributed by atoms with E-state index in [0.717, 1.165) is 42.3 Å². The molecule has 2 atom stereocenters. The van der Waals surface area contributed by atoms with E-state index in [1.54, 1.807) is 7.11 Å². The van der Waals surface area contributed by atoms with Gasteiger partial charge in [-0.1, -0.05) is 18.2 Å². The highest BCUT2D eigenvalue weighted by molar-refractivity contribution is 5.94. The van der Waals surface area contributed by atoms with E-state index in [1.165, 1.54) is 0 Å². The van der Waals surface area contributed by atoms with Crippen LogP contribution in [0, 0.1) is 0 Å². The van der Waals surface area contributed by atoms with Crippen LogP contribution in [0.1, 0.15) is 27.8 Å². The Balaban J connectivity index is 1.41. The van der Waals surface area contributed by atoms with Crippen molar-refractivity contribution in [3.8, 4) is 5.75 Å². The van der Waals surface area contributed by atoms with Crippen molar-refractivity contribution in [2.75, 3.05) is 20.2 Å². The van der Waals surface area contributed by atoms with Crippen molar-refractivity contribution in [2.24, 2.45) is 0 Å². The van der Waals surface area contributed by atoms with E-state index in [9.17, 15) is 4.79 Å². The summed E-state index contributed by atoms with van der Waals surface area (Å²) in [5.74, 6) is 0.930. The minimum Gasteiger partial charge on any atom is -0.497 e. The second-order valence-electron chi connectivity index (χ2n) is 7.73. The Kier molecular flexibility index (Phi) is 4.56. The third-order valence-electron chi connectivity index (χ3n) is 5.97.